The lowest BCUT2D eigenvalue weighted by Crippen LogP contribution is -2.13. The second-order valence-corrected chi connectivity index (χ2v) is 13.0. The Hall–Kier alpha value is -1.88. The van der Waals surface area contributed by atoms with Gasteiger partial charge < -0.3 is 4.74 Å². The van der Waals surface area contributed by atoms with Gasteiger partial charge in [0.1, 0.15) is 0 Å². The molecule has 0 saturated carbocycles. The quantitative estimate of drug-likeness (QED) is 0.373. The maximum Gasteiger partial charge on any atom is 0.0640 e. The van der Waals surface area contributed by atoms with Crippen LogP contribution in [-0.4, -0.2) is 33.7 Å². The minimum atomic E-state index is 0. The Morgan fingerprint density at radius 2 is 1.05 bits per heavy atom. The Morgan fingerprint density at radius 1 is 0.622 bits per heavy atom. The van der Waals surface area contributed by atoms with Crippen LogP contribution in [0.25, 0.3) is 0 Å². The van der Waals surface area contributed by atoms with Gasteiger partial charge in [-0.15, -0.1) is 0 Å². The van der Waals surface area contributed by atoms with E-state index in [1.165, 1.54) is 6.42 Å². The van der Waals surface area contributed by atoms with Crippen molar-refractivity contribution in [1.82, 2.24) is 19.9 Å². The van der Waals surface area contributed by atoms with Gasteiger partial charge >= 0.3 is 0 Å². The largest absolute Gasteiger partial charge is 0.384 e. The molecule has 2 aromatic rings. The zero-order valence-corrected chi connectivity index (χ0v) is 25.0. The van der Waals surface area contributed by atoms with E-state index in [4.69, 9.17) is 4.74 Å². The van der Waals surface area contributed by atoms with Crippen molar-refractivity contribution in [2.45, 2.75) is 136 Å². The first kappa shape index (κ1) is 45.1. The Labute approximate surface area is 233 Å². The molecule has 5 heteroatoms. The molecular formula is C32H66N4O. The summed E-state index contributed by atoms with van der Waals surface area (Å²) in [5, 5.41) is 0. The van der Waals surface area contributed by atoms with Gasteiger partial charge in [-0.25, -0.2) is 0 Å². The summed E-state index contributed by atoms with van der Waals surface area (Å²) in [7, 11) is 1.73. The molecule has 0 aliphatic carbocycles. The minimum absolute atomic E-state index is 0. The van der Waals surface area contributed by atoms with Gasteiger partial charge in [-0.1, -0.05) is 119 Å². The van der Waals surface area contributed by atoms with E-state index in [-0.39, 0.29) is 33.1 Å². The smallest absolute Gasteiger partial charge is 0.0640 e. The van der Waals surface area contributed by atoms with E-state index in [9.17, 15) is 0 Å². The van der Waals surface area contributed by atoms with Crippen molar-refractivity contribution < 1.29 is 4.74 Å². The first-order valence-corrected chi connectivity index (χ1v) is 12.3. The molecule has 0 saturated heterocycles. The molecule has 0 aliphatic heterocycles. The molecule has 0 radical (unpaired) electrons. The number of aromatic nitrogens is 4. The molecular weight excluding hydrogens is 456 g/mol. The average molecular weight is 523 g/mol. The van der Waals surface area contributed by atoms with Crippen molar-refractivity contribution in [2.75, 3.05) is 13.7 Å². The molecule has 0 amide bonds. The number of aryl methyl sites for hydroxylation is 1. The van der Waals surface area contributed by atoms with E-state index in [1.54, 1.807) is 31.9 Å². The van der Waals surface area contributed by atoms with E-state index in [0.717, 1.165) is 23.7 Å². The maximum atomic E-state index is 4.91. The molecule has 0 fully saturated rings. The SMILES string of the molecule is C.C.C.CC(C)(C)c1cnccn1.CCC(C)(C)C.COCC(C)(C)C.Cc1cnc(C(C)(C)C)cn1. The first-order valence-electron chi connectivity index (χ1n) is 12.3. The minimum Gasteiger partial charge on any atom is -0.384 e. The molecule has 2 heterocycles. The van der Waals surface area contributed by atoms with Crippen molar-refractivity contribution in [3.63, 3.8) is 0 Å². The second kappa shape index (κ2) is 20.1. The molecule has 0 aromatic carbocycles. The number of hydrogen-bond donors (Lipinski definition) is 0. The zero-order valence-electron chi connectivity index (χ0n) is 25.0. The van der Waals surface area contributed by atoms with Crippen LogP contribution in [0.3, 0.4) is 0 Å². The topological polar surface area (TPSA) is 60.8 Å². The van der Waals surface area contributed by atoms with E-state index >= 15 is 0 Å². The third-order valence-corrected chi connectivity index (χ3v) is 4.52. The van der Waals surface area contributed by atoms with E-state index < -0.39 is 0 Å². The Balaban J connectivity index is -0.000000123. The molecule has 2 rings (SSSR count). The van der Waals surface area contributed by atoms with Crippen LogP contribution in [0.2, 0.25) is 0 Å². The predicted octanol–water partition coefficient (Wildman–Crippen LogP) is 9.89. The summed E-state index contributed by atoms with van der Waals surface area (Å²) in [5.74, 6) is 0. The van der Waals surface area contributed by atoms with Crippen LogP contribution < -0.4 is 0 Å². The lowest BCUT2D eigenvalue weighted by molar-refractivity contribution is 0.116. The summed E-state index contributed by atoms with van der Waals surface area (Å²) in [6.07, 6.45) is 10.1. The van der Waals surface area contributed by atoms with Crippen molar-refractivity contribution in [3.05, 3.63) is 48.1 Å². The highest BCUT2D eigenvalue weighted by atomic mass is 16.5. The molecule has 5 nitrogen and oxygen atoms in total. The summed E-state index contributed by atoms with van der Waals surface area (Å²) < 4.78 is 4.91. The summed E-state index contributed by atoms with van der Waals surface area (Å²) in [5.41, 5.74) is 4.15. The van der Waals surface area contributed by atoms with Crippen LogP contribution in [-0.2, 0) is 15.6 Å². The van der Waals surface area contributed by atoms with Crippen molar-refractivity contribution in [2.24, 2.45) is 10.8 Å². The zero-order chi connectivity index (χ0) is 27.2. The van der Waals surface area contributed by atoms with Crippen molar-refractivity contribution in [3.8, 4) is 0 Å². The average Bonchev–Trinajstić information content (AvgIpc) is 2.68. The highest BCUT2D eigenvalue weighted by molar-refractivity contribution is 5.10. The molecule has 37 heavy (non-hydrogen) atoms. The number of methoxy groups -OCH3 is 1. The summed E-state index contributed by atoms with van der Waals surface area (Å²) in [6.45, 7) is 30.9. The first-order chi connectivity index (χ1) is 15.2. The fraction of sp³-hybridized carbons (Fsp3) is 0.750. The highest BCUT2D eigenvalue weighted by Gasteiger charge is 2.15. The summed E-state index contributed by atoms with van der Waals surface area (Å²) in [6, 6.07) is 0. The van der Waals surface area contributed by atoms with Crippen molar-refractivity contribution in [1.29, 1.82) is 0 Å². The fourth-order valence-electron chi connectivity index (χ4n) is 1.90. The van der Waals surface area contributed by atoms with Gasteiger partial charge in [0.2, 0.25) is 0 Å². The lowest BCUT2D eigenvalue weighted by Gasteiger charge is -2.16. The van der Waals surface area contributed by atoms with Crippen LogP contribution in [0.5, 0.6) is 0 Å². The van der Waals surface area contributed by atoms with Gasteiger partial charge in [0, 0.05) is 48.9 Å². The van der Waals surface area contributed by atoms with Crippen LogP contribution in [0.1, 0.15) is 136 Å². The van der Waals surface area contributed by atoms with Crippen molar-refractivity contribution >= 4 is 0 Å². The van der Waals surface area contributed by atoms with Crippen LogP contribution in [0.4, 0.5) is 0 Å². The monoisotopic (exact) mass is 523 g/mol. The van der Waals surface area contributed by atoms with Gasteiger partial charge in [-0.2, -0.15) is 0 Å². The number of rotatable bonds is 1. The van der Waals surface area contributed by atoms with Gasteiger partial charge in [0.25, 0.3) is 0 Å². The summed E-state index contributed by atoms with van der Waals surface area (Å²) >= 11 is 0. The highest BCUT2D eigenvalue weighted by Crippen LogP contribution is 2.19. The lowest BCUT2D eigenvalue weighted by atomic mass is 9.93. The standard InChI is InChI=1S/C9H14N2.C8H12N2.C6H14O.C6H14.3CH4/c1-7-5-11-8(6-10-7)9(2,3)4;1-8(2,3)7-6-9-4-5-10-7;1-6(2,3)5-7-4;1-5-6(2,3)4;;;/h5-6H,1-4H3;4-6H,1-3H3;5H2,1-4H3;5H2,1-4H3;3*1H4. The molecule has 220 valence electrons. The van der Waals surface area contributed by atoms with Crippen LogP contribution >= 0.6 is 0 Å². The Morgan fingerprint density at radius 3 is 1.24 bits per heavy atom. The number of nitrogens with zero attached hydrogens (tertiary/aromatic N) is 4. The van der Waals surface area contributed by atoms with Gasteiger partial charge in [-0.3, -0.25) is 19.9 Å². The summed E-state index contributed by atoms with van der Waals surface area (Å²) in [4.78, 5) is 16.6. The van der Waals surface area contributed by atoms with E-state index in [2.05, 4.69) is 110 Å². The number of hydrogen-bond acceptors (Lipinski definition) is 5. The maximum absolute atomic E-state index is 4.91. The molecule has 0 atom stereocenters. The Bertz CT molecular complexity index is 745. The number of ether oxygens (including phenoxy) is 1. The Kier molecular flexibility index (Phi) is 24.5. The van der Waals surface area contributed by atoms with E-state index in [1.807, 2.05) is 13.1 Å². The van der Waals surface area contributed by atoms with Crippen LogP contribution in [0, 0.1) is 17.8 Å². The second-order valence-electron chi connectivity index (χ2n) is 13.0. The van der Waals surface area contributed by atoms with Gasteiger partial charge in [0.05, 0.1) is 23.7 Å². The molecule has 0 spiro atoms. The third-order valence-electron chi connectivity index (χ3n) is 4.52. The van der Waals surface area contributed by atoms with Crippen LogP contribution in [0.15, 0.2) is 31.0 Å². The van der Waals surface area contributed by atoms with Gasteiger partial charge in [-0.05, 0) is 17.8 Å². The molecule has 0 aliphatic rings. The fourth-order valence-corrected chi connectivity index (χ4v) is 1.90. The van der Waals surface area contributed by atoms with Gasteiger partial charge in [0.15, 0.2) is 0 Å². The molecule has 0 bridgehead atoms. The molecule has 0 unspecified atom stereocenters. The predicted molar refractivity (Wildman–Crippen MR) is 167 cm³/mol. The third kappa shape index (κ3) is 28.5. The van der Waals surface area contributed by atoms with E-state index in [0.29, 0.717) is 10.8 Å². The molecule has 0 N–H and O–H groups in total. The molecule has 2 aromatic heterocycles. The normalized spacial score (nSPS) is 10.8.